The van der Waals surface area contributed by atoms with Gasteiger partial charge in [-0.3, -0.25) is 0 Å². The van der Waals surface area contributed by atoms with Crippen LogP contribution in [-0.4, -0.2) is 13.1 Å². The number of nitrogens with one attached hydrogen (secondary N) is 1. The van der Waals surface area contributed by atoms with Gasteiger partial charge in [-0.05, 0) is 67.3 Å². The maximum atomic E-state index is 12.9. The van der Waals surface area contributed by atoms with Gasteiger partial charge in [0.2, 0.25) is 0 Å². The topological polar surface area (TPSA) is 38.0 Å². The Morgan fingerprint density at radius 3 is 2.23 bits per heavy atom. The Hall–Kier alpha value is -2.01. The molecule has 2 aromatic carbocycles. The quantitative estimate of drug-likeness (QED) is 0.725. The lowest BCUT2D eigenvalue weighted by molar-refractivity contribution is -0.137. The molecule has 4 rings (SSSR count). The summed E-state index contributed by atoms with van der Waals surface area (Å²) < 4.78 is 38.7. The Balaban J connectivity index is 0.000000278. The summed E-state index contributed by atoms with van der Waals surface area (Å²) in [6.07, 6.45) is -1.22. The van der Waals surface area contributed by atoms with Gasteiger partial charge in [0.25, 0.3) is 0 Å². The summed E-state index contributed by atoms with van der Waals surface area (Å²) in [5.41, 5.74) is 6.89. The van der Waals surface area contributed by atoms with Gasteiger partial charge < -0.3 is 11.1 Å². The lowest BCUT2D eigenvalue weighted by Gasteiger charge is -2.41. The summed E-state index contributed by atoms with van der Waals surface area (Å²) in [4.78, 5) is 0. The second-order valence-electron chi connectivity index (χ2n) is 7.12. The van der Waals surface area contributed by atoms with Crippen LogP contribution in [0.1, 0.15) is 36.3 Å². The number of benzene rings is 2. The Morgan fingerprint density at radius 2 is 1.65 bits per heavy atom. The van der Waals surface area contributed by atoms with Crippen molar-refractivity contribution < 1.29 is 13.2 Å². The highest BCUT2D eigenvalue weighted by Crippen LogP contribution is 2.46. The number of rotatable bonds is 1. The highest BCUT2D eigenvalue weighted by Gasteiger charge is 2.37. The van der Waals surface area contributed by atoms with Crippen LogP contribution in [0.25, 0.3) is 0 Å². The zero-order chi connectivity index (χ0) is 18.6. The molecule has 1 aliphatic carbocycles. The first-order valence-electron chi connectivity index (χ1n) is 9.14. The summed E-state index contributed by atoms with van der Waals surface area (Å²) >= 11 is 0. The molecule has 0 radical (unpaired) electrons. The smallest absolute Gasteiger partial charge is 0.385 e. The van der Waals surface area contributed by atoms with E-state index in [0.717, 1.165) is 43.1 Å². The van der Waals surface area contributed by atoms with Crippen molar-refractivity contribution in [2.75, 3.05) is 18.4 Å². The Morgan fingerprint density at radius 1 is 1.00 bits per heavy atom. The average Bonchev–Trinajstić information content (AvgIpc) is 2.68. The van der Waals surface area contributed by atoms with Crippen molar-refractivity contribution in [2.45, 2.75) is 31.4 Å². The second kappa shape index (κ2) is 8.12. The van der Waals surface area contributed by atoms with Crippen LogP contribution in [0, 0.1) is 11.8 Å². The van der Waals surface area contributed by atoms with E-state index in [0.29, 0.717) is 18.4 Å². The molecule has 1 heterocycles. The van der Waals surface area contributed by atoms with Gasteiger partial charge in [-0.1, -0.05) is 36.4 Å². The van der Waals surface area contributed by atoms with E-state index in [-0.39, 0.29) is 5.92 Å². The monoisotopic (exact) mass is 362 g/mol. The molecule has 2 nitrogen and oxygen atoms in total. The van der Waals surface area contributed by atoms with Crippen LogP contribution in [0.2, 0.25) is 0 Å². The summed E-state index contributed by atoms with van der Waals surface area (Å²) in [5, 5.41) is 3.27. The lowest BCUT2D eigenvalue weighted by atomic mass is 9.69. The predicted molar refractivity (Wildman–Crippen MR) is 99.0 cm³/mol. The third kappa shape index (κ3) is 4.39. The molecule has 5 heteroatoms. The molecule has 1 saturated carbocycles. The van der Waals surface area contributed by atoms with Crippen LogP contribution in [0.15, 0.2) is 54.6 Å². The molecule has 3 unspecified atom stereocenters. The van der Waals surface area contributed by atoms with Crippen molar-refractivity contribution in [3.05, 3.63) is 65.7 Å². The maximum absolute atomic E-state index is 12.9. The van der Waals surface area contributed by atoms with Crippen LogP contribution in [-0.2, 0) is 6.18 Å². The van der Waals surface area contributed by atoms with Gasteiger partial charge in [-0.2, -0.15) is 13.2 Å². The van der Waals surface area contributed by atoms with E-state index in [9.17, 15) is 13.2 Å². The highest BCUT2D eigenvalue weighted by atomic mass is 19.4. The number of hydrogen-bond donors (Lipinski definition) is 2. The molecule has 3 N–H and O–H groups in total. The standard InChI is InChI=1S/C15H19F3N2.C6H6/c16-15(17,18)11-3-4-14-13(6-11)12-5-9(7-19)1-2-10(12)8-20-14;1-2-4-6-5-3-1/h3-4,6,9-10,12,20H,1-2,5,7-8,19H2;1-6H. The van der Waals surface area contributed by atoms with Crippen molar-refractivity contribution in [2.24, 2.45) is 17.6 Å². The van der Waals surface area contributed by atoms with Gasteiger partial charge >= 0.3 is 6.18 Å². The van der Waals surface area contributed by atoms with E-state index in [1.165, 1.54) is 6.07 Å². The average molecular weight is 362 g/mol. The minimum Gasteiger partial charge on any atom is -0.385 e. The Kier molecular flexibility index (Phi) is 5.87. The Bertz CT molecular complexity index is 673. The summed E-state index contributed by atoms with van der Waals surface area (Å²) in [6, 6.07) is 16.1. The zero-order valence-corrected chi connectivity index (χ0v) is 14.7. The number of halogens is 3. The van der Waals surface area contributed by atoms with Gasteiger partial charge in [0, 0.05) is 12.2 Å². The molecule has 1 fully saturated rings. The molecule has 140 valence electrons. The normalized spacial score (nSPS) is 24.4. The molecule has 0 bridgehead atoms. The molecule has 0 spiro atoms. The fourth-order valence-electron chi connectivity index (χ4n) is 3.99. The molecule has 0 amide bonds. The first kappa shape index (κ1) is 18.8. The van der Waals surface area contributed by atoms with E-state index in [4.69, 9.17) is 5.73 Å². The van der Waals surface area contributed by atoms with Gasteiger partial charge in [0.15, 0.2) is 0 Å². The van der Waals surface area contributed by atoms with E-state index in [1.54, 1.807) is 6.07 Å². The first-order chi connectivity index (χ1) is 12.5. The van der Waals surface area contributed by atoms with Crippen LogP contribution in [0.5, 0.6) is 0 Å². The molecular weight excluding hydrogens is 337 g/mol. The van der Waals surface area contributed by atoms with E-state index in [2.05, 4.69) is 5.32 Å². The van der Waals surface area contributed by atoms with E-state index in [1.807, 2.05) is 36.4 Å². The summed E-state index contributed by atoms with van der Waals surface area (Å²) in [5.74, 6) is 1.10. The third-order valence-corrected chi connectivity index (χ3v) is 5.44. The molecule has 3 atom stereocenters. The maximum Gasteiger partial charge on any atom is 0.416 e. The Labute approximate surface area is 152 Å². The fourth-order valence-corrected chi connectivity index (χ4v) is 3.99. The van der Waals surface area contributed by atoms with Crippen LogP contribution < -0.4 is 11.1 Å². The number of fused-ring (bicyclic) bond motifs is 3. The van der Waals surface area contributed by atoms with Crippen molar-refractivity contribution in [1.82, 2.24) is 0 Å². The molecule has 0 aromatic heterocycles. The molecular formula is C21H25F3N2. The minimum absolute atomic E-state index is 0.218. The fraction of sp³-hybridized carbons (Fsp3) is 0.429. The summed E-state index contributed by atoms with van der Waals surface area (Å²) in [6.45, 7) is 1.49. The number of anilines is 1. The molecule has 2 aromatic rings. The largest absolute Gasteiger partial charge is 0.416 e. The van der Waals surface area contributed by atoms with Crippen molar-refractivity contribution in [1.29, 1.82) is 0 Å². The number of nitrogens with two attached hydrogens (primary N) is 1. The third-order valence-electron chi connectivity index (χ3n) is 5.44. The van der Waals surface area contributed by atoms with Crippen molar-refractivity contribution in [3.8, 4) is 0 Å². The van der Waals surface area contributed by atoms with Crippen LogP contribution in [0.4, 0.5) is 18.9 Å². The molecule has 0 saturated heterocycles. The first-order valence-corrected chi connectivity index (χ1v) is 9.14. The SMILES string of the molecule is NCC1CCC2CNc3ccc(C(F)(F)F)cc3C2C1.c1ccccc1. The van der Waals surface area contributed by atoms with Gasteiger partial charge in [0.05, 0.1) is 5.56 Å². The zero-order valence-electron chi connectivity index (χ0n) is 14.7. The second-order valence-corrected chi connectivity index (χ2v) is 7.12. The highest BCUT2D eigenvalue weighted by molar-refractivity contribution is 5.57. The summed E-state index contributed by atoms with van der Waals surface area (Å²) in [7, 11) is 0. The van der Waals surface area contributed by atoms with Crippen molar-refractivity contribution in [3.63, 3.8) is 0 Å². The lowest BCUT2D eigenvalue weighted by Crippen LogP contribution is -2.35. The van der Waals surface area contributed by atoms with Gasteiger partial charge in [-0.25, -0.2) is 0 Å². The predicted octanol–water partition coefficient (Wildman–Crippen LogP) is 5.28. The van der Waals surface area contributed by atoms with Crippen LogP contribution >= 0.6 is 0 Å². The van der Waals surface area contributed by atoms with Gasteiger partial charge in [0.1, 0.15) is 0 Å². The number of alkyl halides is 3. The van der Waals surface area contributed by atoms with Crippen LogP contribution in [0.3, 0.4) is 0 Å². The molecule has 26 heavy (non-hydrogen) atoms. The van der Waals surface area contributed by atoms with Gasteiger partial charge in [-0.15, -0.1) is 0 Å². The van der Waals surface area contributed by atoms with E-state index < -0.39 is 11.7 Å². The minimum atomic E-state index is -4.27. The molecule has 2 aliphatic rings. The van der Waals surface area contributed by atoms with Crippen molar-refractivity contribution >= 4 is 5.69 Å². The molecule has 1 aliphatic heterocycles. The van der Waals surface area contributed by atoms with E-state index >= 15 is 0 Å². The number of hydrogen-bond acceptors (Lipinski definition) is 2.